The molecule has 1 heterocycles. The van der Waals surface area contributed by atoms with Gasteiger partial charge in [-0.25, -0.2) is 0 Å². The zero-order chi connectivity index (χ0) is 17.1. The predicted octanol–water partition coefficient (Wildman–Crippen LogP) is 2.90. The van der Waals surface area contributed by atoms with Gasteiger partial charge in [-0.05, 0) is 9.91 Å². The molecule has 0 fully saturated rings. The van der Waals surface area contributed by atoms with Crippen molar-refractivity contribution >= 4 is 11.6 Å². The van der Waals surface area contributed by atoms with E-state index in [-0.39, 0.29) is 12.2 Å². The maximum atomic E-state index is 12.7. The lowest BCUT2D eigenvalue weighted by Gasteiger charge is -2.18. The number of halogens is 5. The Kier molecular flexibility index (Phi) is 5.20. The minimum Gasteiger partial charge on any atom is -0.358 e. The molecule has 0 spiro atoms. The van der Waals surface area contributed by atoms with Gasteiger partial charge in [0.1, 0.15) is 6.20 Å². The summed E-state index contributed by atoms with van der Waals surface area (Å²) in [5.74, 6) is -6.20. The summed E-state index contributed by atoms with van der Waals surface area (Å²) in [5.41, 5.74) is 0. The Morgan fingerprint density at radius 1 is 1.36 bits per heavy atom. The van der Waals surface area contributed by atoms with E-state index in [4.69, 9.17) is 0 Å². The quantitative estimate of drug-likeness (QED) is 0.438. The van der Waals surface area contributed by atoms with Crippen molar-refractivity contribution in [1.82, 2.24) is 9.55 Å². The van der Waals surface area contributed by atoms with E-state index in [1.54, 1.807) is 6.92 Å². The van der Waals surface area contributed by atoms with Crippen molar-refractivity contribution in [2.75, 3.05) is 0 Å². The molecule has 6 nitrogen and oxygen atoms in total. The summed E-state index contributed by atoms with van der Waals surface area (Å²) in [5, 5.41) is 10.6. The van der Waals surface area contributed by atoms with Crippen molar-refractivity contribution in [3.05, 3.63) is 22.1 Å². The smallest absolute Gasteiger partial charge is 0.358 e. The standard InChI is InChI=1S/C11H12F5N3O3/c1-2-8-17-9(19(21)22)6-18(8)5-7(20)3-4-10(12,13)11(14,15)16/h6H,2-5H2,1H3. The van der Waals surface area contributed by atoms with Crippen LogP contribution in [0.5, 0.6) is 0 Å². The summed E-state index contributed by atoms with van der Waals surface area (Å²) in [6, 6.07) is 0. The Morgan fingerprint density at radius 3 is 2.41 bits per heavy atom. The number of aromatic nitrogens is 2. The first kappa shape index (κ1) is 18.0. The summed E-state index contributed by atoms with van der Waals surface area (Å²) < 4.78 is 62.4. The first-order chi connectivity index (χ1) is 9.98. The Morgan fingerprint density at radius 2 is 1.95 bits per heavy atom. The van der Waals surface area contributed by atoms with Gasteiger partial charge in [0.25, 0.3) is 0 Å². The van der Waals surface area contributed by atoms with E-state index in [2.05, 4.69) is 4.98 Å². The number of Topliss-reactive ketones (excluding diaryl/α,β-unsaturated/α-hetero) is 1. The lowest BCUT2D eigenvalue weighted by atomic mass is 10.1. The average Bonchev–Trinajstić information content (AvgIpc) is 2.78. The van der Waals surface area contributed by atoms with Gasteiger partial charge in [0.15, 0.2) is 5.78 Å². The van der Waals surface area contributed by atoms with Crippen LogP contribution < -0.4 is 0 Å². The zero-order valence-electron chi connectivity index (χ0n) is 11.4. The van der Waals surface area contributed by atoms with Gasteiger partial charge in [-0.2, -0.15) is 22.0 Å². The maximum Gasteiger partial charge on any atom is 0.453 e. The number of nitrogens with zero attached hydrogens (tertiary/aromatic N) is 3. The van der Waals surface area contributed by atoms with E-state index < -0.39 is 48.0 Å². The summed E-state index contributed by atoms with van der Waals surface area (Å²) in [6.07, 6.45) is -7.19. The molecule has 0 aliphatic carbocycles. The highest BCUT2D eigenvalue weighted by molar-refractivity contribution is 5.78. The Labute approximate surface area is 121 Å². The minimum atomic E-state index is -5.71. The molecule has 1 rings (SSSR count). The molecule has 0 aliphatic heterocycles. The van der Waals surface area contributed by atoms with Crippen LogP contribution in [0.3, 0.4) is 0 Å². The Balaban J connectivity index is 2.72. The van der Waals surface area contributed by atoms with Crippen LogP contribution in [0.4, 0.5) is 27.8 Å². The molecule has 0 saturated carbocycles. The molecular formula is C11H12F5N3O3. The fraction of sp³-hybridized carbons (Fsp3) is 0.636. The second kappa shape index (κ2) is 6.36. The monoisotopic (exact) mass is 329 g/mol. The molecule has 1 aromatic heterocycles. The molecule has 0 aliphatic rings. The molecule has 22 heavy (non-hydrogen) atoms. The molecule has 0 unspecified atom stereocenters. The maximum absolute atomic E-state index is 12.7. The van der Waals surface area contributed by atoms with Crippen LogP contribution >= 0.6 is 0 Å². The molecule has 124 valence electrons. The van der Waals surface area contributed by atoms with Crippen LogP contribution in [0.15, 0.2) is 6.20 Å². The van der Waals surface area contributed by atoms with Gasteiger partial charge < -0.3 is 14.7 Å². The van der Waals surface area contributed by atoms with Crippen molar-refractivity contribution in [2.45, 2.75) is 44.8 Å². The highest BCUT2D eigenvalue weighted by atomic mass is 19.4. The van der Waals surface area contributed by atoms with Crippen molar-refractivity contribution in [3.63, 3.8) is 0 Å². The number of hydrogen-bond donors (Lipinski definition) is 0. The zero-order valence-corrected chi connectivity index (χ0v) is 11.4. The van der Waals surface area contributed by atoms with E-state index in [9.17, 15) is 36.9 Å². The van der Waals surface area contributed by atoms with Gasteiger partial charge >= 0.3 is 17.9 Å². The van der Waals surface area contributed by atoms with E-state index in [0.717, 1.165) is 10.8 Å². The van der Waals surface area contributed by atoms with Crippen LogP contribution in [0.25, 0.3) is 0 Å². The van der Waals surface area contributed by atoms with Gasteiger partial charge in [0.05, 0.1) is 6.54 Å². The van der Waals surface area contributed by atoms with E-state index in [1.807, 2.05) is 0 Å². The predicted molar refractivity (Wildman–Crippen MR) is 63.5 cm³/mol. The average molecular weight is 329 g/mol. The molecule has 11 heteroatoms. The third kappa shape index (κ3) is 4.21. The number of rotatable bonds is 7. The fourth-order valence-electron chi connectivity index (χ4n) is 1.65. The van der Waals surface area contributed by atoms with Gasteiger partial charge in [-0.3, -0.25) is 4.79 Å². The van der Waals surface area contributed by atoms with Gasteiger partial charge in [0.2, 0.25) is 5.82 Å². The number of carbonyl (C=O) groups is 1. The fourth-order valence-corrected chi connectivity index (χ4v) is 1.65. The van der Waals surface area contributed by atoms with Crippen molar-refractivity contribution in [1.29, 1.82) is 0 Å². The largest absolute Gasteiger partial charge is 0.453 e. The summed E-state index contributed by atoms with van der Waals surface area (Å²) in [7, 11) is 0. The normalized spacial score (nSPS) is 12.5. The summed E-state index contributed by atoms with van der Waals surface area (Å²) in [4.78, 5) is 24.9. The van der Waals surface area contributed by atoms with Crippen molar-refractivity contribution in [2.24, 2.45) is 0 Å². The van der Waals surface area contributed by atoms with Gasteiger partial charge in [-0.15, -0.1) is 0 Å². The third-order valence-electron chi connectivity index (χ3n) is 2.83. The lowest BCUT2D eigenvalue weighted by molar-refractivity contribution is -0.389. The third-order valence-corrected chi connectivity index (χ3v) is 2.83. The minimum absolute atomic E-state index is 0.169. The SMILES string of the molecule is CCc1nc([N+](=O)[O-])cn1CC(=O)CCC(F)(F)C(F)(F)F. The molecule has 0 saturated heterocycles. The topological polar surface area (TPSA) is 78.0 Å². The molecule has 0 atom stereocenters. The van der Waals surface area contributed by atoms with Crippen LogP contribution in [-0.2, 0) is 17.8 Å². The van der Waals surface area contributed by atoms with Crippen molar-refractivity contribution < 1.29 is 31.7 Å². The van der Waals surface area contributed by atoms with E-state index in [1.165, 1.54) is 0 Å². The summed E-state index contributed by atoms with van der Waals surface area (Å²) in [6.45, 7) is 1.06. The number of nitro groups is 1. The van der Waals surface area contributed by atoms with E-state index in [0.29, 0.717) is 0 Å². The molecule has 0 N–H and O–H groups in total. The van der Waals surface area contributed by atoms with E-state index >= 15 is 0 Å². The molecule has 0 aromatic carbocycles. The second-order valence-electron chi connectivity index (χ2n) is 4.49. The molecule has 0 radical (unpaired) electrons. The van der Waals surface area contributed by atoms with Crippen LogP contribution in [0, 0.1) is 10.1 Å². The Bertz CT molecular complexity index is 568. The number of aryl methyl sites for hydroxylation is 1. The van der Waals surface area contributed by atoms with Crippen LogP contribution in [-0.4, -0.2) is 32.4 Å². The number of imidazole rings is 1. The number of carbonyl (C=O) groups excluding carboxylic acids is 1. The van der Waals surface area contributed by atoms with Crippen LogP contribution in [0.2, 0.25) is 0 Å². The van der Waals surface area contributed by atoms with Crippen molar-refractivity contribution in [3.8, 4) is 0 Å². The highest BCUT2D eigenvalue weighted by Gasteiger charge is 2.56. The first-order valence-corrected chi connectivity index (χ1v) is 6.14. The first-order valence-electron chi connectivity index (χ1n) is 6.14. The lowest BCUT2D eigenvalue weighted by Crippen LogP contribution is -2.36. The number of hydrogen-bond acceptors (Lipinski definition) is 4. The molecular weight excluding hydrogens is 317 g/mol. The Hall–Kier alpha value is -2.07. The molecule has 0 amide bonds. The molecule has 0 bridgehead atoms. The van der Waals surface area contributed by atoms with Crippen LogP contribution in [0.1, 0.15) is 25.6 Å². The molecule has 1 aromatic rings. The number of ketones is 1. The van der Waals surface area contributed by atoms with Gasteiger partial charge in [-0.1, -0.05) is 6.92 Å². The van der Waals surface area contributed by atoms with Gasteiger partial charge in [0, 0.05) is 19.3 Å². The summed E-state index contributed by atoms with van der Waals surface area (Å²) >= 11 is 0. The highest BCUT2D eigenvalue weighted by Crippen LogP contribution is 2.38. The second-order valence-corrected chi connectivity index (χ2v) is 4.49. The number of alkyl halides is 5.